The maximum atomic E-state index is 11.9. The lowest BCUT2D eigenvalue weighted by Gasteiger charge is -2.20. The minimum absolute atomic E-state index is 0.00951. The van der Waals surface area contributed by atoms with Gasteiger partial charge in [0, 0.05) is 12.6 Å². The molecule has 32 heavy (non-hydrogen) atoms. The van der Waals surface area contributed by atoms with E-state index in [0.717, 1.165) is 0 Å². The molecule has 1 aromatic carbocycles. The average Bonchev–Trinajstić information content (AvgIpc) is 3.40. The van der Waals surface area contributed by atoms with Crippen LogP contribution in [0.15, 0.2) is 38.2 Å². The molecule has 3 rings (SSSR count). The monoisotopic (exact) mass is 473 g/mol. The summed E-state index contributed by atoms with van der Waals surface area (Å²) < 4.78 is 17.2. The summed E-state index contributed by atoms with van der Waals surface area (Å²) in [5, 5.41) is 34.0. The predicted molar refractivity (Wildman–Crippen MR) is 111 cm³/mol. The van der Waals surface area contributed by atoms with Crippen molar-refractivity contribution in [3.05, 3.63) is 46.1 Å². The van der Waals surface area contributed by atoms with E-state index >= 15 is 0 Å². The number of carbonyl (C=O) groups is 1. The molecule has 0 radical (unpaired) electrons. The first-order valence-electron chi connectivity index (χ1n) is 9.36. The number of aromatic nitrogens is 2. The Bertz CT molecular complexity index is 1070. The van der Waals surface area contributed by atoms with Gasteiger partial charge in [0.2, 0.25) is 5.89 Å². The second-order valence-electron chi connectivity index (χ2n) is 6.88. The van der Waals surface area contributed by atoms with Crippen molar-refractivity contribution in [1.29, 1.82) is 0 Å². The van der Waals surface area contributed by atoms with Crippen LogP contribution >= 0.6 is 11.6 Å². The van der Waals surface area contributed by atoms with Crippen LogP contribution in [-0.2, 0) is 11.3 Å². The lowest BCUT2D eigenvalue weighted by molar-refractivity contribution is -0.137. The minimum Gasteiger partial charge on any atom is -0.481 e. The second kappa shape index (κ2) is 11.1. The highest BCUT2D eigenvalue weighted by Gasteiger charge is 2.21. The number of hydrogen-bond donors (Lipinski definition) is 5. The topological polar surface area (TPSA) is 194 Å². The van der Waals surface area contributed by atoms with Gasteiger partial charge in [0.05, 0.1) is 48.5 Å². The quantitative estimate of drug-likeness (QED) is 0.290. The van der Waals surface area contributed by atoms with Gasteiger partial charge in [0.25, 0.3) is 0 Å². The van der Waals surface area contributed by atoms with Crippen LogP contribution in [0.1, 0.15) is 25.3 Å². The molecule has 0 saturated carbocycles. The zero-order chi connectivity index (χ0) is 23.9. The van der Waals surface area contributed by atoms with Crippen molar-refractivity contribution >= 4 is 28.7 Å². The molecule has 0 saturated heterocycles. The summed E-state index contributed by atoms with van der Waals surface area (Å²) in [5.74, 6) is -0.983. The van der Waals surface area contributed by atoms with Crippen molar-refractivity contribution in [2.24, 2.45) is 5.73 Å². The zero-order valence-electron chi connectivity index (χ0n) is 17.1. The number of nitrogens with zero attached hydrogens (tertiary/aromatic N) is 2. The van der Waals surface area contributed by atoms with Crippen molar-refractivity contribution in [1.82, 2.24) is 9.55 Å². The number of ether oxygens (including phenoxy) is 1. The fourth-order valence-corrected chi connectivity index (χ4v) is 2.60. The van der Waals surface area contributed by atoms with Gasteiger partial charge in [-0.1, -0.05) is 11.6 Å². The molecule has 1 atom stereocenters. The van der Waals surface area contributed by atoms with Gasteiger partial charge in [0.1, 0.15) is 12.0 Å². The van der Waals surface area contributed by atoms with E-state index in [1.807, 2.05) is 0 Å². The molecule has 0 aliphatic carbocycles. The van der Waals surface area contributed by atoms with Crippen LogP contribution in [0.2, 0.25) is 5.02 Å². The van der Waals surface area contributed by atoms with Crippen molar-refractivity contribution in [3.8, 4) is 5.75 Å². The van der Waals surface area contributed by atoms with Gasteiger partial charge in [-0.25, -0.2) is 9.78 Å². The molecule has 6 N–H and O–H groups in total. The van der Waals surface area contributed by atoms with Crippen molar-refractivity contribution in [3.63, 3.8) is 0 Å². The number of carboxylic acid groups (broad SMARTS) is 1. The van der Waals surface area contributed by atoms with E-state index in [0.29, 0.717) is 17.2 Å². The van der Waals surface area contributed by atoms with Crippen LogP contribution < -0.4 is 16.2 Å². The summed E-state index contributed by atoms with van der Waals surface area (Å²) in [6, 6.07) is 2.98. The molecule has 2 aromatic heterocycles. The van der Waals surface area contributed by atoms with E-state index < -0.39 is 43.2 Å². The molecule has 0 aliphatic rings. The Morgan fingerprint density at radius 2 is 1.97 bits per heavy atom. The molecule has 3 aromatic rings. The van der Waals surface area contributed by atoms with E-state index in [1.54, 1.807) is 6.92 Å². The maximum absolute atomic E-state index is 11.9. The van der Waals surface area contributed by atoms with Gasteiger partial charge in [-0.15, -0.1) is 0 Å². The normalized spacial score (nSPS) is 12.3. The number of aliphatic hydroxyl groups is 3. The van der Waals surface area contributed by atoms with Crippen molar-refractivity contribution in [2.45, 2.75) is 31.5 Å². The van der Waals surface area contributed by atoms with Crippen LogP contribution in [0.25, 0.3) is 11.1 Å². The molecule has 12 nitrogen and oxygen atoms in total. The van der Waals surface area contributed by atoms with Crippen LogP contribution in [0.3, 0.4) is 0 Å². The molecular formula is C19H24ClN3O9. The number of aryl methyl sites for hydroxylation is 1. The molecule has 0 fully saturated rings. The molecule has 13 heteroatoms. The Balaban J connectivity index is 0.000000390. The second-order valence-corrected chi connectivity index (χ2v) is 7.29. The summed E-state index contributed by atoms with van der Waals surface area (Å²) in [4.78, 5) is 26.6. The predicted octanol–water partition coefficient (Wildman–Crippen LogP) is 0.511. The minimum atomic E-state index is -1.21. The largest absolute Gasteiger partial charge is 0.481 e. The highest BCUT2D eigenvalue weighted by molar-refractivity contribution is 6.32. The van der Waals surface area contributed by atoms with Crippen LogP contribution in [0, 0.1) is 0 Å². The molecule has 0 unspecified atom stereocenters. The first-order valence-corrected chi connectivity index (χ1v) is 9.74. The Hall–Kier alpha value is -2.90. The fourth-order valence-electron chi connectivity index (χ4n) is 2.40. The van der Waals surface area contributed by atoms with Gasteiger partial charge >= 0.3 is 11.7 Å². The number of rotatable bonds is 9. The molecule has 0 spiro atoms. The number of carboxylic acids is 1. The van der Waals surface area contributed by atoms with E-state index in [1.165, 1.54) is 29.2 Å². The summed E-state index contributed by atoms with van der Waals surface area (Å²) in [6.07, 6.45) is 2.24. The van der Waals surface area contributed by atoms with Gasteiger partial charge in [-0.05, 0) is 13.0 Å². The maximum Gasteiger partial charge on any atom is 0.419 e. The number of aliphatic hydroxyl groups excluding tert-OH is 3. The number of fused-ring (bicyclic) bond motifs is 1. The third-order valence-corrected chi connectivity index (χ3v) is 4.61. The summed E-state index contributed by atoms with van der Waals surface area (Å²) >= 11 is 6.20. The number of nitrogens with two attached hydrogens (primary N) is 1. The summed E-state index contributed by atoms with van der Waals surface area (Å²) in [6.45, 7) is 0.519. The summed E-state index contributed by atoms with van der Waals surface area (Å²) in [7, 11) is 0. The fraction of sp³-hybridized carbons (Fsp3) is 0.421. The van der Waals surface area contributed by atoms with E-state index in [4.69, 9.17) is 51.3 Å². The highest BCUT2D eigenvalue weighted by atomic mass is 35.5. The number of oxazole rings is 2. The van der Waals surface area contributed by atoms with Gasteiger partial charge in [-0.2, -0.15) is 0 Å². The lowest BCUT2D eigenvalue weighted by atomic mass is 10.1. The average molecular weight is 474 g/mol. The summed E-state index contributed by atoms with van der Waals surface area (Å²) in [5.41, 5.74) is 4.60. The SMILES string of the molecule is C[C@@H](Oc1cc2oc(=O)n(CCC(=O)O)c2cc1Cl)c1ncco1.NC(CO)(CO)CO. The van der Waals surface area contributed by atoms with E-state index in [2.05, 4.69) is 4.98 Å². The smallest absolute Gasteiger partial charge is 0.419 e. The van der Waals surface area contributed by atoms with Crippen LogP contribution in [-0.4, -0.2) is 61.3 Å². The van der Waals surface area contributed by atoms with Gasteiger partial charge < -0.3 is 39.7 Å². The zero-order valence-corrected chi connectivity index (χ0v) is 17.9. The Morgan fingerprint density at radius 1 is 1.31 bits per heavy atom. The Labute approximate surface area is 186 Å². The van der Waals surface area contributed by atoms with E-state index in [-0.39, 0.29) is 23.6 Å². The Morgan fingerprint density at radius 3 is 2.47 bits per heavy atom. The van der Waals surface area contributed by atoms with Gasteiger partial charge in [-0.3, -0.25) is 9.36 Å². The molecule has 2 heterocycles. The Kier molecular flexibility index (Phi) is 8.80. The first-order chi connectivity index (χ1) is 15.1. The first kappa shape index (κ1) is 25.4. The lowest BCUT2D eigenvalue weighted by Crippen LogP contribution is -2.50. The molecule has 176 valence electrons. The third kappa shape index (κ3) is 6.31. The molecule has 0 bridgehead atoms. The number of halogens is 1. The number of aliphatic carboxylic acids is 1. The number of benzene rings is 1. The van der Waals surface area contributed by atoms with Crippen molar-refractivity contribution < 1.29 is 38.8 Å². The molecule has 0 aliphatic heterocycles. The molecular weight excluding hydrogens is 450 g/mol. The van der Waals surface area contributed by atoms with E-state index in [9.17, 15) is 9.59 Å². The van der Waals surface area contributed by atoms with Gasteiger partial charge in [0.15, 0.2) is 11.7 Å². The highest BCUT2D eigenvalue weighted by Crippen LogP contribution is 2.32. The molecule has 0 amide bonds. The van der Waals surface area contributed by atoms with Crippen molar-refractivity contribution in [2.75, 3.05) is 19.8 Å². The van der Waals surface area contributed by atoms with Crippen LogP contribution in [0.5, 0.6) is 5.75 Å². The number of hydrogen-bond acceptors (Lipinski definition) is 10. The standard InChI is InChI=1S/C15H13ClN2O6.C4H11NO3/c1-8(14-17-3-5-22-14)23-11-7-12-10(6-9(11)16)18(15(21)24-12)4-2-13(19)20;5-4(1-6,2-7)3-8/h3,5-8H,2,4H2,1H3,(H,19,20);6-8H,1-3,5H2/t8-;/m1./s1. The van der Waals surface area contributed by atoms with Crippen LogP contribution in [0.4, 0.5) is 0 Å². The third-order valence-electron chi connectivity index (χ3n) is 4.32.